The van der Waals surface area contributed by atoms with Gasteiger partial charge in [0.25, 0.3) is 0 Å². The van der Waals surface area contributed by atoms with Crippen LogP contribution in [0.15, 0.2) is 65.0 Å². The van der Waals surface area contributed by atoms with Crippen LogP contribution in [-0.4, -0.2) is 34.1 Å². The molecule has 0 amide bonds. The summed E-state index contributed by atoms with van der Waals surface area (Å²) in [5.41, 5.74) is 3.71. The summed E-state index contributed by atoms with van der Waals surface area (Å²) in [4.78, 5) is 41.4. The summed E-state index contributed by atoms with van der Waals surface area (Å²) in [5, 5.41) is 10.1. The molecule has 0 atom stereocenters. The molecule has 2 aromatic rings. The lowest BCUT2D eigenvalue weighted by Crippen LogP contribution is -2.45. The first-order valence-corrected chi connectivity index (χ1v) is 14.7. The normalized spacial score (nSPS) is 20.2. The van der Waals surface area contributed by atoms with E-state index in [1.54, 1.807) is 12.1 Å². The smallest absolute Gasteiger partial charge is 0.305 e. The van der Waals surface area contributed by atoms with Crippen molar-refractivity contribution in [2.45, 2.75) is 72.3 Å². The van der Waals surface area contributed by atoms with E-state index < -0.39 is 11.9 Å². The van der Waals surface area contributed by atoms with E-state index >= 15 is 0 Å². The fourth-order valence-corrected chi connectivity index (χ4v) is 7.09. The molecule has 0 aromatic heterocycles. The Kier molecular flexibility index (Phi) is 7.86. The molecular weight excluding hydrogens is 561 g/mol. The second-order valence-corrected chi connectivity index (χ2v) is 13.7. The van der Waals surface area contributed by atoms with Gasteiger partial charge >= 0.3 is 5.97 Å². The molecule has 0 spiro atoms. The van der Waals surface area contributed by atoms with Crippen LogP contribution in [0, 0.1) is 10.8 Å². The van der Waals surface area contributed by atoms with Crippen LogP contribution in [-0.2, 0) is 21.0 Å². The summed E-state index contributed by atoms with van der Waals surface area (Å²) in [6.07, 6.45) is 1.74. The number of ether oxygens (including phenoxy) is 1. The van der Waals surface area contributed by atoms with Gasteiger partial charge in [0.15, 0.2) is 17.3 Å². The SMILES string of the molecule is CC1(C)CC(=O)C2=C(C1)N(CCC(=O)O)C1=C(C(=O)CC(C)(C)C1)C2c1cc(Cl)c(OCc2ccccc2)c(Cl)c1. The number of halogens is 2. The van der Waals surface area contributed by atoms with Gasteiger partial charge in [0, 0.05) is 47.8 Å². The lowest BCUT2D eigenvalue weighted by Gasteiger charge is -2.49. The molecule has 2 aromatic carbocycles. The topological polar surface area (TPSA) is 83.9 Å². The van der Waals surface area contributed by atoms with Crippen molar-refractivity contribution >= 4 is 40.7 Å². The summed E-state index contributed by atoms with van der Waals surface area (Å²) in [6.45, 7) is 8.67. The lowest BCUT2D eigenvalue weighted by atomic mass is 9.63. The molecule has 1 N–H and O–H groups in total. The van der Waals surface area contributed by atoms with Crippen molar-refractivity contribution in [3.63, 3.8) is 0 Å². The molecule has 1 aliphatic heterocycles. The number of carboxylic acids is 1. The van der Waals surface area contributed by atoms with Gasteiger partial charge in [-0.15, -0.1) is 0 Å². The minimum absolute atomic E-state index is 0.0394. The van der Waals surface area contributed by atoms with E-state index in [0.717, 1.165) is 17.0 Å². The van der Waals surface area contributed by atoms with Gasteiger partial charge in [-0.3, -0.25) is 14.4 Å². The highest BCUT2D eigenvalue weighted by molar-refractivity contribution is 6.37. The van der Waals surface area contributed by atoms with E-state index in [0.29, 0.717) is 58.2 Å². The molecule has 0 saturated heterocycles. The van der Waals surface area contributed by atoms with Crippen molar-refractivity contribution in [1.82, 2.24) is 4.90 Å². The number of carbonyl (C=O) groups is 3. The second-order valence-electron chi connectivity index (χ2n) is 12.9. The second kappa shape index (κ2) is 11.0. The summed E-state index contributed by atoms with van der Waals surface area (Å²) in [5.74, 6) is -1.30. The van der Waals surface area contributed by atoms with Crippen LogP contribution >= 0.6 is 23.2 Å². The van der Waals surface area contributed by atoms with Crippen molar-refractivity contribution in [2.24, 2.45) is 10.8 Å². The molecule has 216 valence electrons. The molecule has 0 radical (unpaired) electrons. The zero-order valence-electron chi connectivity index (χ0n) is 23.9. The van der Waals surface area contributed by atoms with Crippen molar-refractivity contribution < 1.29 is 24.2 Å². The molecular formula is C33H35Cl2NO5. The summed E-state index contributed by atoms with van der Waals surface area (Å²) < 4.78 is 5.99. The number of rotatable bonds is 7. The van der Waals surface area contributed by atoms with Crippen LogP contribution in [0.25, 0.3) is 0 Å². The predicted molar refractivity (Wildman–Crippen MR) is 159 cm³/mol. The molecule has 5 rings (SSSR count). The van der Waals surface area contributed by atoms with Gasteiger partial charge in [-0.05, 0) is 46.9 Å². The van der Waals surface area contributed by atoms with E-state index in [1.807, 2.05) is 62.9 Å². The third kappa shape index (κ3) is 5.96. The van der Waals surface area contributed by atoms with Gasteiger partial charge in [-0.2, -0.15) is 0 Å². The van der Waals surface area contributed by atoms with E-state index in [2.05, 4.69) is 0 Å². The van der Waals surface area contributed by atoms with Crippen molar-refractivity contribution in [3.05, 3.63) is 86.2 Å². The van der Waals surface area contributed by atoms with E-state index in [1.165, 1.54) is 0 Å². The first-order valence-electron chi connectivity index (χ1n) is 13.9. The number of hydrogen-bond donors (Lipinski definition) is 1. The largest absolute Gasteiger partial charge is 0.486 e. The first kappa shape index (κ1) is 29.4. The van der Waals surface area contributed by atoms with Gasteiger partial charge < -0.3 is 14.7 Å². The Balaban J connectivity index is 1.65. The van der Waals surface area contributed by atoms with Crippen LogP contribution in [0.2, 0.25) is 10.0 Å². The molecule has 41 heavy (non-hydrogen) atoms. The highest BCUT2D eigenvalue weighted by atomic mass is 35.5. The Morgan fingerprint density at radius 1 is 0.902 bits per heavy atom. The van der Waals surface area contributed by atoms with Crippen molar-refractivity contribution in [2.75, 3.05) is 6.54 Å². The van der Waals surface area contributed by atoms with Gasteiger partial charge in [-0.1, -0.05) is 81.2 Å². The van der Waals surface area contributed by atoms with E-state index in [9.17, 15) is 19.5 Å². The molecule has 2 aliphatic carbocycles. The van der Waals surface area contributed by atoms with Crippen LogP contribution < -0.4 is 4.74 Å². The van der Waals surface area contributed by atoms with E-state index in [-0.39, 0.29) is 42.0 Å². The third-order valence-electron chi connectivity index (χ3n) is 8.15. The number of carboxylic acid groups (broad SMARTS) is 1. The maximum atomic E-state index is 13.9. The van der Waals surface area contributed by atoms with Gasteiger partial charge in [-0.25, -0.2) is 0 Å². The zero-order chi connectivity index (χ0) is 29.7. The molecule has 8 heteroatoms. The van der Waals surface area contributed by atoms with Crippen LogP contribution in [0.1, 0.15) is 76.8 Å². The molecule has 6 nitrogen and oxygen atoms in total. The summed E-state index contributed by atoms with van der Waals surface area (Å²) in [7, 11) is 0. The molecule has 0 unspecified atom stereocenters. The Bertz CT molecular complexity index is 1410. The lowest BCUT2D eigenvalue weighted by molar-refractivity contribution is -0.137. The number of hydrogen-bond acceptors (Lipinski definition) is 5. The highest BCUT2D eigenvalue weighted by Gasteiger charge is 2.49. The number of carbonyl (C=O) groups excluding carboxylic acids is 2. The molecule has 1 heterocycles. The average molecular weight is 597 g/mol. The number of aliphatic carboxylic acids is 1. The van der Waals surface area contributed by atoms with E-state index in [4.69, 9.17) is 27.9 Å². The molecule has 0 saturated carbocycles. The standard InChI is InChI=1S/C33H35Cl2NO5/c1-32(2)14-23-29(25(37)16-32)28(30-24(36(23)11-10-27(39)40)15-33(3,4)17-26(30)38)20-12-21(34)31(22(35)13-20)41-18-19-8-6-5-7-9-19/h5-9,12-13,28H,10-11,14-18H2,1-4H3,(H,39,40). The first-order chi connectivity index (χ1) is 19.3. The minimum atomic E-state index is -0.927. The Morgan fingerprint density at radius 2 is 1.41 bits per heavy atom. The molecule has 3 aliphatic rings. The van der Waals surface area contributed by atoms with Crippen LogP contribution in [0.4, 0.5) is 0 Å². The maximum absolute atomic E-state index is 13.9. The Labute approximate surface area is 251 Å². The van der Waals surface area contributed by atoms with Gasteiger partial charge in [0.05, 0.1) is 16.5 Å². The van der Waals surface area contributed by atoms with Crippen LogP contribution in [0.5, 0.6) is 5.75 Å². The Morgan fingerprint density at radius 3 is 1.90 bits per heavy atom. The molecule has 0 bridgehead atoms. The maximum Gasteiger partial charge on any atom is 0.305 e. The fourth-order valence-electron chi connectivity index (χ4n) is 6.47. The number of nitrogens with zero attached hydrogens (tertiary/aromatic N) is 1. The van der Waals surface area contributed by atoms with Gasteiger partial charge in [0.1, 0.15) is 6.61 Å². The Hall–Kier alpha value is -3.09. The molecule has 0 fully saturated rings. The quantitative estimate of drug-likeness (QED) is 0.352. The summed E-state index contributed by atoms with van der Waals surface area (Å²) in [6, 6.07) is 13.2. The predicted octanol–water partition coefficient (Wildman–Crippen LogP) is 7.73. The highest BCUT2D eigenvalue weighted by Crippen LogP contribution is 2.55. The van der Waals surface area contributed by atoms with Gasteiger partial charge in [0.2, 0.25) is 0 Å². The van der Waals surface area contributed by atoms with Crippen molar-refractivity contribution in [3.8, 4) is 5.75 Å². The zero-order valence-corrected chi connectivity index (χ0v) is 25.4. The number of benzene rings is 2. The summed E-state index contributed by atoms with van der Waals surface area (Å²) >= 11 is 13.5. The van der Waals surface area contributed by atoms with Crippen LogP contribution in [0.3, 0.4) is 0 Å². The minimum Gasteiger partial charge on any atom is -0.486 e. The monoisotopic (exact) mass is 595 g/mol. The number of Topliss-reactive ketones (excluding diaryl/α,β-unsaturated/α-hetero) is 2. The number of ketones is 2. The number of allylic oxidation sites excluding steroid dienone is 4. The third-order valence-corrected chi connectivity index (χ3v) is 8.71. The van der Waals surface area contributed by atoms with Crippen molar-refractivity contribution in [1.29, 1.82) is 0 Å². The fraction of sp³-hybridized carbons (Fsp3) is 0.424. The average Bonchev–Trinajstić information content (AvgIpc) is 2.85.